The molecule has 3 heterocycles. The Labute approximate surface area is 153 Å². The molecule has 0 saturated heterocycles. The van der Waals surface area contributed by atoms with E-state index in [-0.39, 0.29) is 0 Å². The van der Waals surface area contributed by atoms with Crippen LogP contribution in [0.25, 0.3) is 21.3 Å². The van der Waals surface area contributed by atoms with E-state index in [4.69, 9.17) is 4.52 Å². The lowest BCUT2D eigenvalue weighted by molar-refractivity contribution is 0.385. The molecule has 0 bridgehead atoms. The number of fused-ring (bicyclic) bond motifs is 1. The van der Waals surface area contributed by atoms with Crippen molar-refractivity contribution in [3.63, 3.8) is 0 Å². The van der Waals surface area contributed by atoms with E-state index in [1.807, 2.05) is 6.92 Å². The minimum absolute atomic E-state index is 0.600. The highest BCUT2D eigenvalue weighted by Crippen LogP contribution is 2.38. The van der Waals surface area contributed by atoms with Crippen molar-refractivity contribution in [1.29, 1.82) is 0 Å². The van der Waals surface area contributed by atoms with Gasteiger partial charge in [-0.05, 0) is 12.5 Å². The van der Waals surface area contributed by atoms with Crippen molar-refractivity contribution in [3.8, 4) is 11.1 Å². The fourth-order valence-corrected chi connectivity index (χ4v) is 4.36. The molecular formula is C18H16N4OS2. The summed E-state index contributed by atoms with van der Waals surface area (Å²) in [5.74, 6) is 1.96. The van der Waals surface area contributed by atoms with E-state index in [2.05, 4.69) is 56.7 Å². The molecule has 0 aliphatic heterocycles. The highest BCUT2D eigenvalue weighted by molar-refractivity contribution is 7.98. The van der Waals surface area contributed by atoms with E-state index >= 15 is 0 Å². The van der Waals surface area contributed by atoms with Crippen LogP contribution in [0.5, 0.6) is 0 Å². The molecule has 4 aromatic rings. The first-order chi connectivity index (χ1) is 12.2. The van der Waals surface area contributed by atoms with Gasteiger partial charge in [-0.1, -0.05) is 53.7 Å². The van der Waals surface area contributed by atoms with Gasteiger partial charge >= 0.3 is 0 Å². The van der Waals surface area contributed by atoms with Gasteiger partial charge in [-0.15, -0.1) is 11.3 Å². The van der Waals surface area contributed by atoms with Crippen LogP contribution in [0.3, 0.4) is 0 Å². The first-order valence-corrected chi connectivity index (χ1v) is 9.84. The molecule has 3 aromatic heterocycles. The zero-order valence-electron chi connectivity index (χ0n) is 13.9. The van der Waals surface area contributed by atoms with Gasteiger partial charge in [0, 0.05) is 17.4 Å². The number of hydrogen-bond donors (Lipinski definition) is 0. The summed E-state index contributed by atoms with van der Waals surface area (Å²) in [7, 11) is 0. The van der Waals surface area contributed by atoms with Gasteiger partial charge in [0.1, 0.15) is 16.2 Å². The van der Waals surface area contributed by atoms with Crippen molar-refractivity contribution in [3.05, 3.63) is 53.3 Å². The molecular weight excluding hydrogens is 352 g/mol. The van der Waals surface area contributed by atoms with Crippen LogP contribution in [0.4, 0.5) is 0 Å². The largest absolute Gasteiger partial charge is 0.338 e. The van der Waals surface area contributed by atoms with Crippen LogP contribution in [0.1, 0.15) is 24.2 Å². The third-order valence-electron chi connectivity index (χ3n) is 3.86. The second kappa shape index (κ2) is 6.93. The maximum atomic E-state index is 5.28. The Morgan fingerprint density at radius 1 is 1.16 bits per heavy atom. The first kappa shape index (κ1) is 16.2. The number of aromatic nitrogens is 4. The number of nitrogens with zero attached hydrogens (tertiary/aromatic N) is 4. The molecule has 0 amide bonds. The Hall–Kier alpha value is -2.25. The highest BCUT2D eigenvalue weighted by atomic mass is 32.2. The highest BCUT2D eigenvalue weighted by Gasteiger charge is 2.15. The van der Waals surface area contributed by atoms with E-state index in [1.54, 1.807) is 29.4 Å². The summed E-state index contributed by atoms with van der Waals surface area (Å²) in [6.07, 6.45) is 2.39. The van der Waals surface area contributed by atoms with Gasteiger partial charge in [0.05, 0.1) is 11.1 Å². The standard InChI is InChI=1S/C18H16N4OS2/c1-3-14-21-15(23-22-14)9-25-18-16-13(8-24-17(16)19-10-20-18)12-6-4-11(2)5-7-12/h4-8,10H,3,9H2,1-2H3. The second-order valence-electron chi connectivity index (χ2n) is 5.62. The second-order valence-corrected chi connectivity index (χ2v) is 7.44. The zero-order chi connectivity index (χ0) is 17.2. The average Bonchev–Trinajstić information content (AvgIpc) is 3.27. The summed E-state index contributed by atoms with van der Waals surface area (Å²) in [6.45, 7) is 4.10. The molecule has 0 fully saturated rings. The smallest absolute Gasteiger partial charge is 0.237 e. The van der Waals surface area contributed by atoms with Gasteiger partial charge < -0.3 is 4.52 Å². The van der Waals surface area contributed by atoms with Gasteiger partial charge in [-0.2, -0.15) is 4.98 Å². The van der Waals surface area contributed by atoms with E-state index in [0.717, 1.165) is 27.5 Å². The molecule has 126 valence electrons. The molecule has 1 aromatic carbocycles. The molecule has 25 heavy (non-hydrogen) atoms. The summed E-state index contributed by atoms with van der Waals surface area (Å²) in [6, 6.07) is 8.54. The molecule has 7 heteroatoms. The van der Waals surface area contributed by atoms with Crippen LogP contribution in [-0.4, -0.2) is 20.1 Å². The predicted octanol–water partition coefficient (Wildman–Crippen LogP) is 4.90. The van der Waals surface area contributed by atoms with E-state index in [0.29, 0.717) is 11.6 Å². The molecule has 0 atom stereocenters. The number of benzene rings is 1. The summed E-state index contributed by atoms with van der Waals surface area (Å²) in [4.78, 5) is 14.3. The molecule has 0 radical (unpaired) electrons. The molecule has 0 aliphatic carbocycles. The van der Waals surface area contributed by atoms with Crippen LogP contribution in [-0.2, 0) is 12.2 Å². The first-order valence-electron chi connectivity index (χ1n) is 7.98. The monoisotopic (exact) mass is 368 g/mol. The number of rotatable bonds is 5. The SMILES string of the molecule is CCc1noc(CSc2ncnc3scc(-c4ccc(C)cc4)c23)n1. The number of thioether (sulfide) groups is 1. The van der Waals surface area contributed by atoms with Crippen molar-refractivity contribution >= 4 is 33.3 Å². The van der Waals surface area contributed by atoms with Gasteiger partial charge in [0.2, 0.25) is 5.89 Å². The average molecular weight is 368 g/mol. The van der Waals surface area contributed by atoms with Crippen molar-refractivity contribution in [2.24, 2.45) is 0 Å². The lowest BCUT2D eigenvalue weighted by atomic mass is 10.1. The third kappa shape index (κ3) is 3.29. The fraction of sp³-hybridized carbons (Fsp3) is 0.222. The third-order valence-corrected chi connectivity index (χ3v) is 5.72. The maximum absolute atomic E-state index is 5.28. The Kier molecular flexibility index (Phi) is 4.50. The molecule has 5 nitrogen and oxygen atoms in total. The minimum Gasteiger partial charge on any atom is -0.338 e. The number of thiophene rings is 1. The molecule has 0 N–H and O–H groups in total. The van der Waals surface area contributed by atoms with Crippen LogP contribution in [0.2, 0.25) is 0 Å². The van der Waals surface area contributed by atoms with Crippen molar-refractivity contribution in [2.75, 3.05) is 0 Å². The van der Waals surface area contributed by atoms with E-state index in [1.165, 1.54) is 16.7 Å². The topological polar surface area (TPSA) is 64.7 Å². The summed E-state index contributed by atoms with van der Waals surface area (Å²) in [5, 5.41) is 8.13. The lowest BCUT2D eigenvalue weighted by Gasteiger charge is -2.04. The van der Waals surface area contributed by atoms with E-state index in [9.17, 15) is 0 Å². The molecule has 0 unspecified atom stereocenters. The molecule has 4 rings (SSSR count). The van der Waals surface area contributed by atoms with E-state index < -0.39 is 0 Å². The summed E-state index contributed by atoms with van der Waals surface area (Å²) >= 11 is 3.24. The van der Waals surface area contributed by atoms with Gasteiger partial charge in [0.15, 0.2) is 5.82 Å². The van der Waals surface area contributed by atoms with Gasteiger partial charge in [-0.25, -0.2) is 9.97 Å². The zero-order valence-corrected chi connectivity index (χ0v) is 15.5. The molecule has 0 saturated carbocycles. The molecule has 0 aliphatic rings. The van der Waals surface area contributed by atoms with Crippen LogP contribution >= 0.6 is 23.1 Å². The Bertz CT molecular complexity index is 1010. The van der Waals surface area contributed by atoms with Crippen molar-refractivity contribution < 1.29 is 4.52 Å². The molecule has 0 spiro atoms. The predicted molar refractivity (Wildman–Crippen MR) is 101 cm³/mol. The Morgan fingerprint density at radius 2 is 2.00 bits per heavy atom. The van der Waals surface area contributed by atoms with Crippen LogP contribution in [0, 0.1) is 6.92 Å². The maximum Gasteiger partial charge on any atom is 0.237 e. The number of aryl methyl sites for hydroxylation is 2. The van der Waals surface area contributed by atoms with Crippen molar-refractivity contribution in [2.45, 2.75) is 31.0 Å². The van der Waals surface area contributed by atoms with Gasteiger partial charge in [-0.3, -0.25) is 0 Å². The Balaban J connectivity index is 1.68. The van der Waals surface area contributed by atoms with Crippen LogP contribution in [0.15, 0.2) is 45.5 Å². The summed E-state index contributed by atoms with van der Waals surface area (Å²) in [5.41, 5.74) is 3.60. The van der Waals surface area contributed by atoms with Crippen molar-refractivity contribution in [1.82, 2.24) is 20.1 Å². The lowest BCUT2D eigenvalue weighted by Crippen LogP contribution is -1.88. The Morgan fingerprint density at radius 3 is 2.76 bits per heavy atom. The fourth-order valence-electron chi connectivity index (χ4n) is 2.53. The normalized spacial score (nSPS) is 11.3. The summed E-state index contributed by atoms with van der Waals surface area (Å²) < 4.78 is 5.28. The van der Waals surface area contributed by atoms with Gasteiger partial charge in [0.25, 0.3) is 0 Å². The minimum atomic E-state index is 0.600. The van der Waals surface area contributed by atoms with Crippen LogP contribution < -0.4 is 0 Å². The number of hydrogen-bond acceptors (Lipinski definition) is 7. The quantitative estimate of drug-likeness (QED) is 0.368.